The number of aromatic nitrogens is 2. The van der Waals surface area contributed by atoms with Crippen molar-refractivity contribution in [1.82, 2.24) is 14.5 Å². The predicted octanol–water partition coefficient (Wildman–Crippen LogP) is 1.48. The van der Waals surface area contributed by atoms with Crippen LogP contribution in [0, 0.1) is 0 Å². The summed E-state index contributed by atoms with van der Waals surface area (Å²) < 4.78 is 30.8. The van der Waals surface area contributed by atoms with Gasteiger partial charge in [0.25, 0.3) is 0 Å². The first kappa shape index (κ1) is 13.1. The molecule has 0 N–H and O–H groups in total. The zero-order valence-corrected chi connectivity index (χ0v) is 11.9. The second-order valence-corrected chi connectivity index (χ2v) is 7.58. The highest BCUT2D eigenvalue weighted by Crippen LogP contribution is 2.40. The smallest absolute Gasteiger partial charge is 0.219 e. The van der Waals surface area contributed by atoms with Crippen LogP contribution >= 0.6 is 0 Å². The van der Waals surface area contributed by atoms with Crippen LogP contribution in [0.2, 0.25) is 0 Å². The van der Waals surface area contributed by atoms with Crippen molar-refractivity contribution in [1.29, 1.82) is 0 Å². The van der Waals surface area contributed by atoms with Gasteiger partial charge in [-0.05, 0) is 32.6 Å². The van der Waals surface area contributed by atoms with Crippen molar-refractivity contribution in [2.75, 3.05) is 18.8 Å². The Morgan fingerprint density at radius 1 is 1.11 bits per heavy atom. The summed E-state index contributed by atoms with van der Waals surface area (Å²) in [6.07, 6.45) is 3.83. The Morgan fingerprint density at radius 2 is 1.63 bits per heavy atom. The fourth-order valence-corrected chi connectivity index (χ4v) is 3.60. The molecule has 0 unspecified atom stereocenters. The molecule has 2 heterocycles. The number of rotatable bonds is 4. The molecule has 2 fully saturated rings. The number of hydrogen-bond donors (Lipinski definition) is 0. The van der Waals surface area contributed by atoms with Crippen molar-refractivity contribution in [2.24, 2.45) is 0 Å². The molecule has 0 amide bonds. The van der Waals surface area contributed by atoms with E-state index in [0.29, 0.717) is 24.9 Å². The maximum Gasteiger partial charge on any atom is 0.219 e. The summed E-state index contributed by atoms with van der Waals surface area (Å²) in [6, 6.07) is 0. The van der Waals surface area contributed by atoms with Crippen LogP contribution in [-0.2, 0) is 10.0 Å². The summed E-state index contributed by atoms with van der Waals surface area (Å²) in [5.74, 6) is 2.31. The molecule has 1 aliphatic carbocycles. The first-order chi connectivity index (χ1) is 9.10. The van der Waals surface area contributed by atoms with E-state index in [0.717, 1.165) is 31.6 Å². The van der Waals surface area contributed by atoms with Crippen LogP contribution in [0.15, 0.2) is 4.42 Å². The number of sulfonamides is 1. The molecule has 1 saturated carbocycles. The van der Waals surface area contributed by atoms with Crippen molar-refractivity contribution < 1.29 is 12.8 Å². The minimum Gasteiger partial charge on any atom is -0.425 e. The Morgan fingerprint density at radius 3 is 2.11 bits per heavy atom. The van der Waals surface area contributed by atoms with Gasteiger partial charge in [-0.1, -0.05) is 0 Å². The summed E-state index contributed by atoms with van der Waals surface area (Å²) in [4.78, 5) is 0. The van der Waals surface area contributed by atoms with Gasteiger partial charge in [-0.2, -0.15) is 0 Å². The second kappa shape index (κ2) is 4.86. The van der Waals surface area contributed by atoms with Crippen LogP contribution in [0.1, 0.15) is 56.2 Å². The standard InChI is InChI=1S/C12H19N3O3S/c1-2-19(16,17)15-7-5-10(6-8-15)12-14-13-11(18-12)9-3-4-9/h9-10H,2-8H2,1H3. The van der Waals surface area contributed by atoms with E-state index in [4.69, 9.17) is 4.42 Å². The van der Waals surface area contributed by atoms with Crippen molar-refractivity contribution in [3.05, 3.63) is 11.8 Å². The third-order valence-electron chi connectivity index (χ3n) is 3.94. The Balaban J connectivity index is 1.63. The summed E-state index contributed by atoms with van der Waals surface area (Å²) in [7, 11) is -3.06. The molecule has 106 valence electrons. The monoisotopic (exact) mass is 285 g/mol. The molecule has 0 radical (unpaired) electrons. The normalized spacial score (nSPS) is 22.8. The van der Waals surface area contributed by atoms with E-state index in [9.17, 15) is 8.42 Å². The molecular formula is C12H19N3O3S. The SMILES string of the molecule is CCS(=O)(=O)N1CCC(c2nnc(C3CC3)o2)CC1. The highest BCUT2D eigenvalue weighted by atomic mass is 32.2. The zero-order chi connectivity index (χ0) is 13.5. The lowest BCUT2D eigenvalue weighted by Gasteiger charge is -2.29. The molecule has 1 aromatic rings. The molecule has 0 aromatic carbocycles. The molecule has 7 heteroatoms. The fourth-order valence-electron chi connectivity index (χ4n) is 2.47. The molecule has 0 bridgehead atoms. The van der Waals surface area contributed by atoms with Gasteiger partial charge in [0, 0.05) is 24.9 Å². The quantitative estimate of drug-likeness (QED) is 0.837. The lowest BCUT2D eigenvalue weighted by Crippen LogP contribution is -2.38. The highest BCUT2D eigenvalue weighted by Gasteiger charge is 2.33. The van der Waals surface area contributed by atoms with Gasteiger partial charge in [-0.25, -0.2) is 12.7 Å². The van der Waals surface area contributed by atoms with Crippen molar-refractivity contribution in [2.45, 2.75) is 44.4 Å². The topological polar surface area (TPSA) is 76.3 Å². The Kier molecular flexibility index (Phi) is 3.34. The minimum absolute atomic E-state index is 0.171. The number of piperidine rings is 1. The maximum atomic E-state index is 11.8. The van der Waals surface area contributed by atoms with Gasteiger partial charge in [-0.3, -0.25) is 0 Å². The van der Waals surface area contributed by atoms with Crippen LogP contribution in [0.5, 0.6) is 0 Å². The van der Waals surface area contributed by atoms with Gasteiger partial charge >= 0.3 is 0 Å². The van der Waals surface area contributed by atoms with E-state index in [1.807, 2.05) is 0 Å². The number of hydrogen-bond acceptors (Lipinski definition) is 5. The molecular weight excluding hydrogens is 266 g/mol. The summed E-state index contributed by atoms with van der Waals surface area (Å²) in [5.41, 5.74) is 0. The minimum atomic E-state index is -3.06. The van der Waals surface area contributed by atoms with Crippen LogP contribution in [0.4, 0.5) is 0 Å². The van der Waals surface area contributed by atoms with Crippen LogP contribution in [0.25, 0.3) is 0 Å². The Hall–Kier alpha value is -0.950. The van der Waals surface area contributed by atoms with Crippen molar-refractivity contribution >= 4 is 10.0 Å². The first-order valence-electron chi connectivity index (χ1n) is 6.91. The third kappa shape index (κ3) is 2.67. The van der Waals surface area contributed by atoms with E-state index in [1.54, 1.807) is 11.2 Å². The lowest BCUT2D eigenvalue weighted by molar-refractivity contribution is 0.286. The molecule has 1 aromatic heterocycles. The summed E-state index contributed by atoms with van der Waals surface area (Å²) >= 11 is 0. The molecule has 0 atom stereocenters. The van der Waals surface area contributed by atoms with Crippen molar-refractivity contribution in [3.8, 4) is 0 Å². The zero-order valence-electron chi connectivity index (χ0n) is 11.1. The molecule has 6 nitrogen and oxygen atoms in total. The van der Waals surface area contributed by atoms with Crippen LogP contribution in [0.3, 0.4) is 0 Å². The molecule has 1 aliphatic heterocycles. The first-order valence-corrected chi connectivity index (χ1v) is 8.52. The molecule has 0 spiro atoms. The lowest BCUT2D eigenvalue weighted by atomic mass is 9.98. The van der Waals surface area contributed by atoms with Crippen LogP contribution < -0.4 is 0 Å². The molecule has 19 heavy (non-hydrogen) atoms. The van der Waals surface area contributed by atoms with E-state index < -0.39 is 10.0 Å². The van der Waals surface area contributed by atoms with E-state index in [-0.39, 0.29) is 11.7 Å². The van der Waals surface area contributed by atoms with Crippen LogP contribution in [-0.4, -0.2) is 41.8 Å². The Labute approximate surface area is 113 Å². The van der Waals surface area contributed by atoms with Gasteiger partial charge < -0.3 is 4.42 Å². The predicted molar refractivity (Wildman–Crippen MR) is 69.3 cm³/mol. The van der Waals surface area contributed by atoms with Gasteiger partial charge in [0.2, 0.25) is 21.8 Å². The Bertz CT molecular complexity index is 542. The van der Waals surface area contributed by atoms with E-state index >= 15 is 0 Å². The van der Waals surface area contributed by atoms with Gasteiger partial charge in [0.1, 0.15) is 0 Å². The second-order valence-electron chi connectivity index (χ2n) is 5.33. The van der Waals surface area contributed by atoms with Crippen molar-refractivity contribution in [3.63, 3.8) is 0 Å². The van der Waals surface area contributed by atoms with Gasteiger partial charge in [0.05, 0.1) is 5.75 Å². The van der Waals surface area contributed by atoms with E-state index in [1.165, 1.54) is 0 Å². The third-order valence-corrected chi connectivity index (χ3v) is 5.83. The maximum absolute atomic E-state index is 11.8. The van der Waals surface area contributed by atoms with E-state index in [2.05, 4.69) is 10.2 Å². The summed E-state index contributed by atoms with van der Waals surface area (Å²) in [6.45, 7) is 2.80. The van der Waals surface area contributed by atoms with Gasteiger partial charge in [-0.15, -0.1) is 10.2 Å². The average Bonchev–Trinajstić information content (AvgIpc) is 3.17. The van der Waals surface area contributed by atoms with Gasteiger partial charge in [0.15, 0.2) is 0 Å². The summed E-state index contributed by atoms with van der Waals surface area (Å²) in [5, 5.41) is 8.21. The molecule has 2 aliphatic rings. The molecule has 3 rings (SSSR count). The average molecular weight is 285 g/mol. The highest BCUT2D eigenvalue weighted by molar-refractivity contribution is 7.89. The number of nitrogens with zero attached hydrogens (tertiary/aromatic N) is 3. The fraction of sp³-hybridized carbons (Fsp3) is 0.833. The largest absolute Gasteiger partial charge is 0.425 e. The molecule has 1 saturated heterocycles.